The number of rotatable bonds is 14. The van der Waals surface area contributed by atoms with Crippen LogP contribution in [-0.2, 0) is 16.0 Å². The monoisotopic (exact) mass is 519 g/mol. The van der Waals surface area contributed by atoms with Crippen molar-refractivity contribution in [3.8, 4) is 0 Å². The van der Waals surface area contributed by atoms with Gasteiger partial charge < -0.3 is 31.3 Å². The summed E-state index contributed by atoms with van der Waals surface area (Å²) in [7, 11) is 1.66. The predicted octanol–water partition coefficient (Wildman–Crippen LogP) is 2.29. The molecule has 0 heterocycles. The van der Waals surface area contributed by atoms with E-state index in [1.165, 1.54) is 0 Å². The van der Waals surface area contributed by atoms with Crippen LogP contribution in [0.1, 0.15) is 60.5 Å². The maximum Gasteiger partial charge on any atom is 0.317 e. The molecule has 0 aliphatic carbocycles. The molecule has 0 spiro atoms. The van der Waals surface area contributed by atoms with Gasteiger partial charge in [-0.05, 0) is 58.1 Å². The Morgan fingerprint density at radius 2 is 1.62 bits per heavy atom. The third-order valence-corrected chi connectivity index (χ3v) is 5.85. The maximum atomic E-state index is 13.3. The molecule has 210 valence electrons. The van der Waals surface area contributed by atoms with Gasteiger partial charge in [0.2, 0.25) is 11.8 Å². The van der Waals surface area contributed by atoms with Crippen molar-refractivity contribution < 1.29 is 19.5 Å². The Labute approximate surface area is 223 Å². The summed E-state index contributed by atoms with van der Waals surface area (Å²) in [6, 6.07) is 7.91. The van der Waals surface area contributed by atoms with Crippen molar-refractivity contribution in [2.45, 2.75) is 85.0 Å². The van der Waals surface area contributed by atoms with Gasteiger partial charge >= 0.3 is 6.03 Å². The van der Waals surface area contributed by atoms with Crippen molar-refractivity contribution in [1.82, 2.24) is 26.2 Å². The summed E-state index contributed by atoms with van der Waals surface area (Å²) in [6.07, 6.45) is 0.136. The molecule has 0 fully saturated rings. The molecule has 0 saturated carbocycles. The van der Waals surface area contributed by atoms with Gasteiger partial charge in [-0.3, -0.25) is 9.59 Å². The first-order valence-electron chi connectivity index (χ1n) is 13.3. The fourth-order valence-corrected chi connectivity index (χ4v) is 3.79. The summed E-state index contributed by atoms with van der Waals surface area (Å²) in [6.45, 7) is 14.3. The number of urea groups is 1. The van der Waals surface area contributed by atoms with E-state index in [-0.39, 0.29) is 36.9 Å². The number of aliphatic hydroxyl groups excluding tert-OH is 1. The minimum absolute atomic E-state index is 0.0604. The fourth-order valence-electron chi connectivity index (χ4n) is 3.79. The van der Waals surface area contributed by atoms with Crippen molar-refractivity contribution >= 4 is 17.8 Å². The molecule has 37 heavy (non-hydrogen) atoms. The van der Waals surface area contributed by atoms with Crippen LogP contribution in [0.4, 0.5) is 4.79 Å². The van der Waals surface area contributed by atoms with Crippen LogP contribution in [0.5, 0.6) is 0 Å². The lowest BCUT2D eigenvalue weighted by molar-refractivity contribution is -0.130. The number of carbonyl (C=O) groups excluding carboxylic acids is 3. The van der Waals surface area contributed by atoms with Crippen LogP contribution in [0.15, 0.2) is 30.3 Å². The van der Waals surface area contributed by atoms with E-state index in [4.69, 9.17) is 0 Å². The van der Waals surface area contributed by atoms with Gasteiger partial charge in [-0.25, -0.2) is 4.79 Å². The number of hydrogen-bond acceptors (Lipinski definition) is 5. The van der Waals surface area contributed by atoms with Crippen LogP contribution in [0.25, 0.3) is 0 Å². The fraction of sp³-hybridized carbons (Fsp3) is 0.679. The Balaban J connectivity index is 3.15. The first kappa shape index (κ1) is 32.4. The molecule has 9 heteroatoms. The topological polar surface area (TPSA) is 123 Å². The second-order valence-electron chi connectivity index (χ2n) is 11.5. The largest absolute Gasteiger partial charge is 0.389 e. The molecular formula is C28H49N5O4. The zero-order valence-corrected chi connectivity index (χ0v) is 23.9. The number of amides is 4. The first-order chi connectivity index (χ1) is 17.2. The van der Waals surface area contributed by atoms with Crippen LogP contribution in [0, 0.1) is 11.8 Å². The van der Waals surface area contributed by atoms with Gasteiger partial charge in [-0.15, -0.1) is 0 Å². The summed E-state index contributed by atoms with van der Waals surface area (Å²) in [4.78, 5) is 40.2. The molecule has 3 atom stereocenters. The van der Waals surface area contributed by atoms with Crippen LogP contribution < -0.4 is 21.3 Å². The maximum absolute atomic E-state index is 13.3. The summed E-state index contributed by atoms with van der Waals surface area (Å²) in [5, 5.41) is 22.9. The van der Waals surface area contributed by atoms with Crippen molar-refractivity contribution in [1.29, 1.82) is 0 Å². The van der Waals surface area contributed by atoms with Crippen molar-refractivity contribution in [2.75, 3.05) is 26.7 Å². The normalized spacial score (nSPS) is 14.1. The molecule has 0 bridgehead atoms. The second-order valence-corrected chi connectivity index (χ2v) is 11.5. The molecule has 0 aromatic heterocycles. The van der Waals surface area contributed by atoms with Gasteiger partial charge in [0.15, 0.2) is 0 Å². The van der Waals surface area contributed by atoms with E-state index in [1.54, 1.807) is 11.9 Å². The molecule has 4 amide bonds. The molecule has 0 saturated heterocycles. The van der Waals surface area contributed by atoms with E-state index < -0.39 is 23.7 Å². The predicted molar refractivity (Wildman–Crippen MR) is 148 cm³/mol. The number of hydrogen-bond donors (Lipinski definition) is 5. The molecule has 1 aromatic carbocycles. The smallest absolute Gasteiger partial charge is 0.317 e. The molecule has 0 aliphatic heterocycles. The number of aliphatic hydroxyl groups is 1. The SMILES string of the molecule is CNCC(=O)N[C@H](C(=O)N[C@@H](Cc1ccccc1)[C@H](O)CN(CCC(C)C)C(=O)NC(C)(C)C)C(C)C. The zero-order valence-electron chi connectivity index (χ0n) is 23.9. The lowest BCUT2D eigenvalue weighted by atomic mass is 9.98. The van der Waals surface area contributed by atoms with Crippen LogP contribution in [0.2, 0.25) is 0 Å². The lowest BCUT2D eigenvalue weighted by Gasteiger charge is -2.34. The highest BCUT2D eigenvalue weighted by molar-refractivity contribution is 5.88. The Hall–Kier alpha value is -2.65. The number of likely N-dealkylation sites (N-methyl/N-ethyl adjacent to an activating group) is 1. The van der Waals surface area contributed by atoms with E-state index in [1.807, 2.05) is 65.0 Å². The molecular weight excluding hydrogens is 470 g/mol. The average Bonchev–Trinajstić information content (AvgIpc) is 2.78. The summed E-state index contributed by atoms with van der Waals surface area (Å²) in [5.74, 6) is -0.423. The summed E-state index contributed by atoms with van der Waals surface area (Å²) < 4.78 is 0. The minimum atomic E-state index is -1.03. The van der Waals surface area contributed by atoms with Crippen LogP contribution in [0.3, 0.4) is 0 Å². The van der Waals surface area contributed by atoms with Crippen molar-refractivity contribution in [3.05, 3.63) is 35.9 Å². The molecule has 0 radical (unpaired) electrons. The zero-order chi connectivity index (χ0) is 28.2. The third kappa shape index (κ3) is 12.9. The van der Waals surface area contributed by atoms with E-state index in [9.17, 15) is 19.5 Å². The molecule has 0 aliphatic rings. The summed E-state index contributed by atoms with van der Waals surface area (Å²) in [5.41, 5.74) is 0.520. The van der Waals surface area contributed by atoms with Gasteiger partial charge in [0, 0.05) is 12.1 Å². The molecule has 1 rings (SSSR count). The minimum Gasteiger partial charge on any atom is -0.389 e. The van der Waals surface area contributed by atoms with Crippen LogP contribution >= 0.6 is 0 Å². The highest BCUT2D eigenvalue weighted by Crippen LogP contribution is 2.12. The van der Waals surface area contributed by atoms with Gasteiger partial charge in [0.05, 0.1) is 25.2 Å². The average molecular weight is 520 g/mol. The van der Waals surface area contributed by atoms with Gasteiger partial charge in [-0.1, -0.05) is 58.0 Å². The highest BCUT2D eigenvalue weighted by Gasteiger charge is 2.31. The van der Waals surface area contributed by atoms with E-state index in [2.05, 4.69) is 35.1 Å². The third-order valence-electron chi connectivity index (χ3n) is 5.85. The number of nitrogens with one attached hydrogen (secondary N) is 4. The quantitative estimate of drug-likeness (QED) is 0.258. The Morgan fingerprint density at radius 1 is 1.00 bits per heavy atom. The second kappa shape index (κ2) is 15.6. The van der Waals surface area contributed by atoms with Gasteiger partial charge in [-0.2, -0.15) is 0 Å². The lowest BCUT2D eigenvalue weighted by Crippen LogP contribution is -2.58. The van der Waals surface area contributed by atoms with E-state index >= 15 is 0 Å². The molecule has 5 N–H and O–H groups in total. The molecule has 0 unspecified atom stereocenters. The van der Waals surface area contributed by atoms with Crippen molar-refractivity contribution in [2.24, 2.45) is 11.8 Å². The van der Waals surface area contributed by atoms with Gasteiger partial charge in [0.25, 0.3) is 0 Å². The highest BCUT2D eigenvalue weighted by atomic mass is 16.3. The van der Waals surface area contributed by atoms with E-state index in [0.29, 0.717) is 18.9 Å². The number of carbonyl (C=O) groups is 3. The Morgan fingerprint density at radius 3 is 2.14 bits per heavy atom. The summed E-state index contributed by atoms with van der Waals surface area (Å²) >= 11 is 0. The standard InChI is InChI=1S/C28H49N5O4/c1-19(2)14-15-33(27(37)32-28(5,6)7)18-23(34)22(16-21-12-10-9-11-13-21)30-26(36)25(20(3)4)31-24(35)17-29-8/h9-13,19-20,22-23,25,29,34H,14-18H2,1-8H3,(H,30,36)(H,31,35)(H,32,37)/t22-,23+,25-/m0/s1. The van der Waals surface area contributed by atoms with Gasteiger partial charge in [0.1, 0.15) is 6.04 Å². The first-order valence-corrected chi connectivity index (χ1v) is 13.3. The van der Waals surface area contributed by atoms with E-state index in [0.717, 1.165) is 12.0 Å². The Kier molecular flexibility index (Phi) is 13.6. The number of nitrogens with zero attached hydrogens (tertiary/aromatic N) is 1. The van der Waals surface area contributed by atoms with Crippen molar-refractivity contribution in [3.63, 3.8) is 0 Å². The Bertz CT molecular complexity index is 839. The van der Waals surface area contributed by atoms with Crippen LogP contribution in [-0.4, -0.2) is 78.3 Å². The molecule has 9 nitrogen and oxygen atoms in total. The number of benzene rings is 1. The molecule has 1 aromatic rings.